The van der Waals surface area contributed by atoms with Gasteiger partial charge in [-0.15, -0.1) is 0 Å². The predicted molar refractivity (Wildman–Crippen MR) is 105 cm³/mol. The molecule has 0 fully saturated rings. The highest BCUT2D eigenvalue weighted by atomic mass is 35.5. The molecule has 5 nitrogen and oxygen atoms in total. The van der Waals surface area contributed by atoms with Gasteiger partial charge in [0.1, 0.15) is 0 Å². The Balaban J connectivity index is 2.18. The minimum atomic E-state index is 0.0768. The molecule has 0 aliphatic carbocycles. The maximum atomic E-state index is 12.8. The van der Waals surface area contributed by atoms with Crippen molar-refractivity contribution in [2.75, 3.05) is 13.1 Å². The van der Waals surface area contributed by atoms with E-state index < -0.39 is 0 Å². The zero-order valence-electron chi connectivity index (χ0n) is 15.6. The van der Waals surface area contributed by atoms with Crippen LogP contribution in [0.25, 0.3) is 16.9 Å². The normalized spacial score (nSPS) is 11.1. The third kappa shape index (κ3) is 3.44. The van der Waals surface area contributed by atoms with E-state index in [2.05, 4.69) is 5.10 Å². The van der Waals surface area contributed by atoms with Crippen LogP contribution in [-0.4, -0.2) is 38.5 Å². The lowest BCUT2D eigenvalue weighted by atomic mass is 10.1. The quantitative estimate of drug-likeness (QED) is 0.680. The molecule has 2 heterocycles. The van der Waals surface area contributed by atoms with Gasteiger partial charge in [-0.05, 0) is 51.5 Å². The number of likely N-dealkylation sites (N-methyl/N-ethyl adjacent to an activating group) is 1. The van der Waals surface area contributed by atoms with Crippen LogP contribution in [0, 0.1) is 13.8 Å². The number of imidazole rings is 1. The second-order valence-corrected chi connectivity index (χ2v) is 6.80. The van der Waals surface area contributed by atoms with Crippen LogP contribution in [0.3, 0.4) is 0 Å². The number of aromatic nitrogens is 3. The van der Waals surface area contributed by atoms with Crippen LogP contribution in [-0.2, 0) is 11.2 Å². The molecule has 3 aromatic rings. The number of halogens is 1. The van der Waals surface area contributed by atoms with Crippen molar-refractivity contribution in [2.24, 2.45) is 0 Å². The Morgan fingerprint density at radius 2 is 1.81 bits per heavy atom. The van der Waals surface area contributed by atoms with Crippen molar-refractivity contribution in [1.82, 2.24) is 19.5 Å². The summed E-state index contributed by atoms with van der Waals surface area (Å²) in [5.41, 5.74) is 5.23. The number of carbonyl (C=O) groups is 1. The van der Waals surface area contributed by atoms with Gasteiger partial charge in [0.15, 0.2) is 5.65 Å². The van der Waals surface area contributed by atoms with Crippen molar-refractivity contribution in [3.05, 3.63) is 52.3 Å². The van der Waals surface area contributed by atoms with Crippen LogP contribution in [0.4, 0.5) is 0 Å². The lowest BCUT2D eigenvalue weighted by Gasteiger charge is -2.18. The number of nitrogens with zero attached hydrogens (tertiary/aromatic N) is 4. The first-order valence-electron chi connectivity index (χ1n) is 8.84. The standard InChI is InChI=1S/C20H23ClN4O/c1-5-24(6-2)18(26)12-17-19(15-7-9-16(21)10-8-15)22-20-13(3)11-14(4)23-25(17)20/h7-11H,5-6,12H2,1-4H3. The second-order valence-electron chi connectivity index (χ2n) is 6.36. The van der Waals surface area contributed by atoms with Crippen molar-refractivity contribution in [2.45, 2.75) is 34.1 Å². The molecule has 1 aromatic carbocycles. The van der Waals surface area contributed by atoms with Crippen molar-refractivity contribution in [3.63, 3.8) is 0 Å². The number of rotatable bonds is 5. The number of aryl methyl sites for hydroxylation is 2. The van der Waals surface area contributed by atoms with E-state index in [4.69, 9.17) is 16.6 Å². The Kier molecular flexibility index (Phi) is 5.28. The largest absolute Gasteiger partial charge is 0.343 e. The molecule has 3 rings (SSSR count). The summed E-state index contributed by atoms with van der Waals surface area (Å²) in [7, 11) is 0. The summed E-state index contributed by atoms with van der Waals surface area (Å²) < 4.78 is 1.82. The van der Waals surface area contributed by atoms with Gasteiger partial charge in [0.05, 0.1) is 23.5 Å². The fraction of sp³-hybridized carbons (Fsp3) is 0.350. The molecule has 0 spiro atoms. The molecule has 2 aromatic heterocycles. The van der Waals surface area contributed by atoms with Gasteiger partial charge in [0, 0.05) is 23.7 Å². The summed E-state index contributed by atoms with van der Waals surface area (Å²) >= 11 is 6.03. The minimum Gasteiger partial charge on any atom is -0.343 e. The number of hydrogen-bond donors (Lipinski definition) is 0. The number of carbonyl (C=O) groups excluding carboxylic acids is 1. The molecule has 0 unspecified atom stereocenters. The van der Waals surface area contributed by atoms with Crippen LogP contribution in [0.5, 0.6) is 0 Å². The molecule has 0 bridgehead atoms. The highest BCUT2D eigenvalue weighted by Crippen LogP contribution is 2.27. The zero-order valence-corrected chi connectivity index (χ0v) is 16.3. The van der Waals surface area contributed by atoms with Gasteiger partial charge >= 0.3 is 0 Å². The van der Waals surface area contributed by atoms with Crippen LogP contribution in [0.1, 0.15) is 30.8 Å². The number of benzene rings is 1. The summed E-state index contributed by atoms with van der Waals surface area (Å²) in [4.78, 5) is 19.4. The monoisotopic (exact) mass is 370 g/mol. The molecular formula is C20H23ClN4O. The van der Waals surface area contributed by atoms with E-state index in [-0.39, 0.29) is 12.3 Å². The summed E-state index contributed by atoms with van der Waals surface area (Å²) in [6.45, 7) is 9.32. The summed E-state index contributed by atoms with van der Waals surface area (Å²) in [5.74, 6) is 0.0768. The fourth-order valence-electron chi connectivity index (χ4n) is 3.20. The Hall–Kier alpha value is -2.40. The van der Waals surface area contributed by atoms with E-state index in [1.165, 1.54) is 0 Å². The first-order valence-corrected chi connectivity index (χ1v) is 9.22. The molecule has 136 valence electrons. The van der Waals surface area contributed by atoms with E-state index in [1.807, 2.05) is 67.4 Å². The van der Waals surface area contributed by atoms with E-state index >= 15 is 0 Å². The third-order valence-corrected chi connectivity index (χ3v) is 4.79. The molecule has 0 atom stereocenters. The Labute approximate surface area is 158 Å². The lowest BCUT2D eigenvalue weighted by molar-refractivity contribution is -0.130. The molecule has 0 aliphatic rings. The van der Waals surface area contributed by atoms with Gasteiger partial charge in [-0.25, -0.2) is 9.50 Å². The van der Waals surface area contributed by atoms with Crippen molar-refractivity contribution < 1.29 is 4.79 Å². The Bertz CT molecular complexity index is 943. The third-order valence-electron chi connectivity index (χ3n) is 4.54. The van der Waals surface area contributed by atoms with Gasteiger partial charge < -0.3 is 4.90 Å². The SMILES string of the molecule is CCN(CC)C(=O)Cc1c(-c2ccc(Cl)cc2)nc2c(C)cc(C)nn12. The van der Waals surface area contributed by atoms with Crippen molar-refractivity contribution in [3.8, 4) is 11.3 Å². The number of amides is 1. The van der Waals surface area contributed by atoms with Crippen LogP contribution in [0.2, 0.25) is 5.02 Å². The average molecular weight is 371 g/mol. The second kappa shape index (κ2) is 7.46. The molecular weight excluding hydrogens is 348 g/mol. The predicted octanol–water partition coefficient (Wildman–Crippen LogP) is 4.08. The minimum absolute atomic E-state index is 0.0768. The van der Waals surface area contributed by atoms with E-state index in [9.17, 15) is 4.79 Å². The molecule has 0 radical (unpaired) electrons. The molecule has 6 heteroatoms. The molecule has 0 saturated heterocycles. The maximum absolute atomic E-state index is 12.8. The van der Waals surface area contributed by atoms with Gasteiger partial charge in [-0.2, -0.15) is 5.10 Å². The topological polar surface area (TPSA) is 50.5 Å². The fourth-order valence-corrected chi connectivity index (χ4v) is 3.33. The lowest BCUT2D eigenvalue weighted by Crippen LogP contribution is -2.32. The maximum Gasteiger partial charge on any atom is 0.228 e. The number of hydrogen-bond acceptors (Lipinski definition) is 3. The van der Waals surface area contributed by atoms with Crippen LogP contribution in [0.15, 0.2) is 30.3 Å². The summed E-state index contributed by atoms with van der Waals surface area (Å²) in [6.07, 6.45) is 0.261. The van der Waals surface area contributed by atoms with E-state index in [0.717, 1.165) is 33.9 Å². The number of fused-ring (bicyclic) bond motifs is 1. The first-order chi connectivity index (χ1) is 12.4. The highest BCUT2D eigenvalue weighted by molar-refractivity contribution is 6.30. The van der Waals surface area contributed by atoms with Gasteiger partial charge in [0.2, 0.25) is 5.91 Å². The smallest absolute Gasteiger partial charge is 0.228 e. The first kappa shape index (κ1) is 18.4. The molecule has 0 saturated carbocycles. The Morgan fingerprint density at radius 1 is 1.15 bits per heavy atom. The van der Waals surface area contributed by atoms with Crippen molar-refractivity contribution >= 4 is 23.2 Å². The van der Waals surface area contributed by atoms with Crippen LogP contribution < -0.4 is 0 Å². The summed E-state index contributed by atoms with van der Waals surface area (Å²) in [6, 6.07) is 9.53. The van der Waals surface area contributed by atoms with Gasteiger partial charge in [-0.1, -0.05) is 23.7 Å². The summed E-state index contributed by atoms with van der Waals surface area (Å²) in [5, 5.41) is 5.29. The molecule has 0 N–H and O–H groups in total. The average Bonchev–Trinajstić information content (AvgIpc) is 2.95. The van der Waals surface area contributed by atoms with Gasteiger partial charge in [-0.3, -0.25) is 4.79 Å². The molecule has 26 heavy (non-hydrogen) atoms. The zero-order chi connectivity index (χ0) is 18.8. The van der Waals surface area contributed by atoms with Crippen LogP contribution >= 0.6 is 11.6 Å². The van der Waals surface area contributed by atoms with E-state index in [1.54, 1.807) is 0 Å². The Morgan fingerprint density at radius 3 is 2.42 bits per heavy atom. The highest BCUT2D eigenvalue weighted by Gasteiger charge is 2.21. The molecule has 0 aliphatic heterocycles. The van der Waals surface area contributed by atoms with Gasteiger partial charge in [0.25, 0.3) is 0 Å². The van der Waals surface area contributed by atoms with E-state index in [0.29, 0.717) is 18.1 Å². The molecule has 1 amide bonds. The van der Waals surface area contributed by atoms with Crippen molar-refractivity contribution in [1.29, 1.82) is 0 Å².